The van der Waals surface area contributed by atoms with Crippen LogP contribution in [0.4, 0.5) is 0 Å². The monoisotopic (exact) mass is 398 g/mol. The molecule has 3 N–H and O–H groups in total. The van der Waals surface area contributed by atoms with Gasteiger partial charge in [-0.25, -0.2) is 0 Å². The Morgan fingerprint density at radius 3 is 2.74 bits per heavy atom. The standard InChI is InChI=1S/C20H34N4O2.ClH/c1-4-9-26-18-11-16(5-6-17(18)21)19(25)22-12-20(7-8-20)13-24-15(3)10-14(2)23-24;/h10,16-18H,4-9,11-13,21H2,1-3H3,(H,22,25);1H/t16-,17+,18+;/m0./s1. The molecule has 27 heavy (non-hydrogen) atoms. The van der Waals surface area contributed by atoms with Crippen molar-refractivity contribution >= 4 is 18.3 Å². The van der Waals surface area contributed by atoms with Crippen LogP contribution in [0.25, 0.3) is 0 Å². The molecular formula is C20H35ClN4O2. The molecule has 0 radical (unpaired) electrons. The van der Waals surface area contributed by atoms with Crippen LogP contribution < -0.4 is 11.1 Å². The third-order valence-electron chi connectivity index (χ3n) is 5.93. The van der Waals surface area contributed by atoms with Gasteiger partial charge in [-0.1, -0.05) is 6.92 Å². The zero-order valence-electron chi connectivity index (χ0n) is 16.9. The number of nitrogens with zero attached hydrogens (tertiary/aromatic N) is 2. The minimum absolute atomic E-state index is 0. The van der Waals surface area contributed by atoms with E-state index in [4.69, 9.17) is 10.5 Å². The summed E-state index contributed by atoms with van der Waals surface area (Å²) in [6, 6.07) is 2.17. The fraction of sp³-hybridized carbons (Fsp3) is 0.800. The van der Waals surface area contributed by atoms with Crippen LogP contribution in [-0.4, -0.2) is 41.0 Å². The Morgan fingerprint density at radius 1 is 1.41 bits per heavy atom. The smallest absolute Gasteiger partial charge is 0.223 e. The molecule has 3 atom stereocenters. The first-order valence-corrected chi connectivity index (χ1v) is 10.1. The van der Waals surface area contributed by atoms with Gasteiger partial charge in [0.1, 0.15) is 0 Å². The molecule has 1 aromatic heterocycles. The van der Waals surface area contributed by atoms with Gasteiger partial charge in [-0.05, 0) is 58.4 Å². The first-order chi connectivity index (χ1) is 12.4. The molecular weight excluding hydrogens is 364 g/mol. The van der Waals surface area contributed by atoms with Crippen molar-refractivity contribution in [2.45, 2.75) is 78.0 Å². The molecule has 2 aliphatic carbocycles. The van der Waals surface area contributed by atoms with E-state index in [0.29, 0.717) is 0 Å². The highest BCUT2D eigenvalue weighted by molar-refractivity contribution is 5.85. The first-order valence-electron chi connectivity index (χ1n) is 10.1. The Hall–Kier alpha value is -1.11. The van der Waals surface area contributed by atoms with Crippen LogP contribution in [0.15, 0.2) is 6.07 Å². The van der Waals surface area contributed by atoms with Crippen molar-refractivity contribution in [3.05, 3.63) is 17.5 Å². The van der Waals surface area contributed by atoms with E-state index in [0.717, 1.165) is 63.9 Å². The van der Waals surface area contributed by atoms with Gasteiger partial charge in [0.15, 0.2) is 0 Å². The van der Waals surface area contributed by atoms with Gasteiger partial charge in [0.2, 0.25) is 5.91 Å². The van der Waals surface area contributed by atoms with Crippen LogP contribution >= 0.6 is 12.4 Å². The van der Waals surface area contributed by atoms with Gasteiger partial charge < -0.3 is 15.8 Å². The van der Waals surface area contributed by atoms with Gasteiger partial charge in [-0.15, -0.1) is 12.4 Å². The minimum atomic E-state index is 0. The lowest BCUT2D eigenvalue weighted by molar-refractivity contribution is -0.128. The van der Waals surface area contributed by atoms with E-state index in [9.17, 15) is 4.79 Å². The summed E-state index contributed by atoms with van der Waals surface area (Å²) < 4.78 is 7.95. The summed E-state index contributed by atoms with van der Waals surface area (Å²) in [4.78, 5) is 12.7. The second-order valence-electron chi connectivity index (χ2n) is 8.39. The van der Waals surface area contributed by atoms with E-state index in [1.54, 1.807) is 0 Å². The highest BCUT2D eigenvalue weighted by Crippen LogP contribution is 2.46. The van der Waals surface area contributed by atoms with Crippen LogP contribution in [0.1, 0.15) is 56.8 Å². The van der Waals surface area contributed by atoms with Crippen molar-refractivity contribution in [2.24, 2.45) is 17.1 Å². The van der Waals surface area contributed by atoms with Crippen molar-refractivity contribution in [2.75, 3.05) is 13.2 Å². The second-order valence-corrected chi connectivity index (χ2v) is 8.39. The van der Waals surface area contributed by atoms with Crippen molar-refractivity contribution in [3.8, 4) is 0 Å². The maximum Gasteiger partial charge on any atom is 0.223 e. The normalized spacial score (nSPS) is 26.3. The van der Waals surface area contributed by atoms with Crippen LogP contribution in [0.2, 0.25) is 0 Å². The number of ether oxygens (including phenoxy) is 1. The maximum atomic E-state index is 12.7. The van der Waals surface area contributed by atoms with Crippen LogP contribution in [0.3, 0.4) is 0 Å². The molecule has 0 aromatic carbocycles. The van der Waals surface area contributed by atoms with Crippen molar-refractivity contribution in [3.63, 3.8) is 0 Å². The third-order valence-corrected chi connectivity index (χ3v) is 5.93. The first kappa shape index (κ1) is 22.2. The Morgan fingerprint density at radius 2 is 2.15 bits per heavy atom. The van der Waals surface area contributed by atoms with Crippen molar-refractivity contribution in [1.82, 2.24) is 15.1 Å². The average molecular weight is 399 g/mol. The molecule has 1 aromatic rings. The van der Waals surface area contributed by atoms with E-state index in [1.807, 2.05) is 6.92 Å². The molecule has 154 valence electrons. The summed E-state index contributed by atoms with van der Waals surface area (Å²) >= 11 is 0. The largest absolute Gasteiger partial charge is 0.377 e. The summed E-state index contributed by atoms with van der Waals surface area (Å²) in [7, 11) is 0. The zero-order valence-corrected chi connectivity index (χ0v) is 17.7. The summed E-state index contributed by atoms with van der Waals surface area (Å²) in [5.41, 5.74) is 8.60. The van der Waals surface area contributed by atoms with Crippen LogP contribution in [-0.2, 0) is 16.1 Å². The Kier molecular flexibility index (Phi) is 7.72. The zero-order chi connectivity index (χ0) is 18.7. The quantitative estimate of drug-likeness (QED) is 0.705. The number of hydrogen-bond acceptors (Lipinski definition) is 4. The molecule has 0 saturated heterocycles. The number of carbonyl (C=O) groups excluding carboxylic acids is 1. The van der Waals surface area contributed by atoms with Gasteiger partial charge in [-0.2, -0.15) is 5.10 Å². The van der Waals surface area contributed by atoms with E-state index >= 15 is 0 Å². The molecule has 2 fully saturated rings. The Bertz CT molecular complexity index is 629. The minimum Gasteiger partial charge on any atom is -0.377 e. The number of aryl methyl sites for hydroxylation is 2. The summed E-state index contributed by atoms with van der Waals surface area (Å²) in [6.45, 7) is 8.57. The fourth-order valence-corrected chi connectivity index (χ4v) is 3.99. The van der Waals surface area contributed by atoms with Crippen LogP contribution in [0.5, 0.6) is 0 Å². The molecule has 1 heterocycles. The third kappa shape index (κ3) is 5.69. The number of nitrogens with one attached hydrogen (secondary N) is 1. The summed E-state index contributed by atoms with van der Waals surface area (Å²) in [5, 5.41) is 7.79. The molecule has 3 rings (SSSR count). The topological polar surface area (TPSA) is 82.2 Å². The highest BCUT2D eigenvalue weighted by atomic mass is 35.5. The SMILES string of the molecule is CCCO[C@@H]1C[C@@H](C(=O)NCC2(Cn3nc(C)cc3C)CC2)CC[C@H]1N.Cl. The Balaban J connectivity index is 0.00000261. The van der Waals surface area contributed by atoms with Crippen molar-refractivity contribution in [1.29, 1.82) is 0 Å². The number of nitrogens with two attached hydrogens (primary N) is 1. The number of aromatic nitrogens is 2. The van der Waals surface area contributed by atoms with Crippen LogP contribution in [0, 0.1) is 25.2 Å². The predicted molar refractivity (Wildman–Crippen MR) is 109 cm³/mol. The lowest BCUT2D eigenvalue weighted by Gasteiger charge is -2.33. The van der Waals surface area contributed by atoms with E-state index < -0.39 is 0 Å². The molecule has 6 nitrogen and oxygen atoms in total. The van der Waals surface area contributed by atoms with Crippen molar-refractivity contribution < 1.29 is 9.53 Å². The number of rotatable bonds is 8. The van der Waals surface area contributed by atoms with E-state index in [2.05, 4.69) is 35.0 Å². The van der Waals surface area contributed by atoms with Gasteiger partial charge in [0, 0.05) is 42.8 Å². The maximum absolute atomic E-state index is 12.7. The molecule has 7 heteroatoms. The molecule has 1 amide bonds. The van der Waals surface area contributed by atoms with Gasteiger partial charge in [-0.3, -0.25) is 9.48 Å². The highest BCUT2D eigenvalue weighted by Gasteiger charge is 2.44. The number of amides is 1. The summed E-state index contributed by atoms with van der Waals surface area (Å²) in [6.07, 6.45) is 5.79. The predicted octanol–water partition coefficient (Wildman–Crippen LogP) is 2.74. The Labute approximate surface area is 169 Å². The lowest BCUT2D eigenvalue weighted by Crippen LogP contribution is -2.46. The fourth-order valence-electron chi connectivity index (χ4n) is 3.99. The second kappa shape index (κ2) is 9.39. The van der Waals surface area contributed by atoms with Gasteiger partial charge in [0.25, 0.3) is 0 Å². The van der Waals surface area contributed by atoms with Gasteiger partial charge >= 0.3 is 0 Å². The molecule has 0 spiro atoms. The molecule has 0 aliphatic heterocycles. The molecule has 2 aliphatic rings. The average Bonchev–Trinajstić information content (AvgIpc) is 3.30. The lowest BCUT2D eigenvalue weighted by atomic mass is 9.83. The number of carbonyl (C=O) groups is 1. The summed E-state index contributed by atoms with van der Waals surface area (Å²) in [5.74, 6) is 0.197. The molecule has 2 saturated carbocycles. The van der Waals surface area contributed by atoms with E-state index in [1.165, 1.54) is 5.69 Å². The van der Waals surface area contributed by atoms with Gasteiger partial charge in [0.05, 0.1) is 11.8 Å². The van der Waals surface area contributed by atoms with E-state index in [-0.39, 0.29) is 41.8 Å². The molecule has 0 unspecified atom stereocenters. The number of hydrogen-bond donors (Lipinski definition) is 2. The number of halogens is 1. The molecule has 0 bridgehead atoms.